The summed E-state index contributed by atoms with van der Waals surface area (Å²) < 4.78 is 0. The van der Waals surface area contributed by atoms with Crippen LogP contribution in [0, 0.1) is 5.41 Å². The third-order valence-electron chi connectivity index (χ3n) is 6.73. The molecule has 1 atom stereocenters. The van der Waals surface area contributed by atoms with Crippen molar-refractivity contribution in [2.45, 2.75) is 103 Å². The van der Waals surface area contributed by atoms with Gasteiger partial charge in [0.15, 0.2) is 5.79 Å². The summed E-state index contributed by atoms with van der Waals surface area (Å²) in [5.74, 6) is -1.32. The molecule has 2 rings (SSSR count). The van der Waals surface area contributed by atoms with Gasteiger partial charge in [-0.25, -0.2) is 0 Å². The average Bonchev–Trinajstić information content (AvgIpc) is 2.38. The smallest absolute Gasteiger partial charge is 0.193 e. The van der Waals surface area contributed by atoms with E-state index in [-0.39, 0.29) is 11.1 Å². The molecule has 2 heterocycles. The lowest BCUT2D eigenvalue weighted by molar-refractivity contribution is -0.448. The summed E-state index contributed by atoms with van der Waals surface area (Å²) >= 11 is 0. The fraction of sp³-hybridized carbons (Fsp3) is 1.00. The van der Waals surface area contributed by atoms with Gasteiger partial charge in [-0.1, -0.05) is 13.8 Å². The first-order valence-electron chi connectivity index (χ1n) is 8.86. The summed E-state index contributed by atoms with van der Waals surface area (Å²) in [5.41, 5.74) is -1.50. The van der Waals surface area contributed by atoms with Crippen LogP contribution in [-0.2, 0) is 4.84 Å². The Morgan fingerprint density at radius 1 is 0.826 bits per heavy atom. The Hall–Kier alpha value is -0.200. The molecule has 0 radical (unpaired) electrons. The Balaban J connectivity index is 2.36. The second-order valence-corrected chi connectivity index (χ2v) is 9.71. The average molecular weight is 328 g/mol. The van der Waals surface area contributed by atoms with Gasteiger partial charge in [0.05, 0.1) is 5.54 Å². The number of aliphatic hydroxyl groups is 1. The first kappa shape index (κ1) is 19.1. The highest BCUT2D eigenvalue weighted by atomic mass is 16.8. The molecule has 5 nitrogen and oxygen atoms in total. The molecule has 0 aliphatic carbocycles. The van der Waals surface area contributed by atoms with Crippen molar-refractivity contribution in [2.75, 3.05) is 6.54 Å². The Labute approximate surface area is 141 Å². The van der Waals surface area contributed by atoms with Crippen molar-refractivity contribution in [2.24, 2.45) is 5.41 Å². The van der Waals surface area contributed by atoms with Crippen molar-refractivity contribution >= 4 is 0 Å². The summed E-state index contributed by atoms with van der Waals surface area (Å²) in [6, 6.07) is 0. The van der Waals surface area contributed by atoms with Crippen molar-refractivity contribution in [3.8, 4) is 0 Å². The van der Waals surface area contributed by atoms with E-state index in [0.717, 1.165) is 19.3 Å². The third kappa shape index (κ3) is 2.85. The summed E-state index contributed by atoms with van der Waals surface area (Å²) in [6.45, 7) is 16.9. The van der Waals surface area contributed by atoms with Gasteiger partial charge in [-0.05, 0) is 60.8 Å². The van der Waals surface area contributed by atoms with Crippen molar-refractivity contribution in [3.63, 3.8) is 0 Å². The van der Waals surface area contributed by atoms with Crippen LogP contribution in [0.2, 0.25) is 0 Å². The lowest BCUT2D eigenvalue weighted by Crippen LogP contribution is -2.72. The van der Waals surface area contributed by atoms with E-state index in [1.54, 1.807) is 0 Å². The van der Waals surface area contributed by atoms with Gasteiger partial charge in [-0.2, -0.15) is 10.1 Å². The second-order valence-electron chi connectivity index (χ2n) is 9.71. The monoisotopic (exact) mass is 328 g/mol. The zero-order valence-corrected chi connectivity index (χ0v) is 16.2. The van der Waals surface area contributed by atoms with E-state index in [4.69, 9.17) is 4.84 Å². The van der Waals surface area contributed by atoms with Crippen LogP contribution in [-0.4, -0.2) is 49.4 Å². The largest absolute Gasteiger partial charge is 0.364 e. The standard InChI is InChI=1S/C18H36N2O3/c1-14(2)10-9-11-15(3,4)20(14)23-18(21)12-13-19(22)17(7,8)16(18,5)6/h21-22H,9-13H2,1-8H3. The Bertz CT molecular complexity index is 443. The number of piperidine rings is 2. The zero-order valence-electron chi connectivity index (χ0n) is 16.2. The Kier molecular flexibility index (Phi) is 4.49. The van der Waals surface area contributed by atoms with E-state index in [9.17, 15) is 10.3 Å². The summed E-state index contributed by atoms with van der Waals surface area (Å²) in [4.78, 5) is 6.40. The minimum atomic E-state index is -1.32. The summed E-state index contributed by atoms with van der Waals surface area (Å²) in [5, 5.41) is 25.1. The van der Waals surface area contributed by atoms with Crippen LogP contribution >= 0.6 is 0 Å². The molecule has 0 amide bonds. The number of hydrogen-bond acceptors (Lipinski definition) is 5. The number of nitrogens with zero attached hydrogens (tertiary/aromatic N) is 2. The van der Waals surface area contributed by atoms with Crippen LogP contribution in [0.15, 0.2) is 0 Å². The lowest BCUT2D eigenvalue weighted by Gasteiger charge is -2.61. The number of hydrogen-bond donors (Lipinski definition) is 2. The molecular weight excluding hydrogens is 292 g/mol. The summed E-state index contributed by atoms with van der Waals surface area (Å²) in [6.07, 6.45) is 3.63. The van der Waals surface area contributed by atoms with Crippen molar-refractivity contribution in [3.05, 3.63) is 0 Å². The highest BCUT2D eigenvalue weighted by Gasteiger charge is 2.61. The quantitative estimate of drug-likeness (QED) is 0.759. The molecule has 0 saturated carbocycles. The van der Waals surface area contributed by atoms with Gasteiger partial charge < -0.3 is 10.3 Å². The fourth-order valence-electron chi connectivity index (χ4n) is 4.18. The molecule has 0 bridgehead atoms. The van der Waals surface area contributed by atoms with Crippen molar-refractivity contribution in [1.29, 1.82) is 0 Å². The van der Waals surface area contributed by atoms with E-state index in [0.29, 0.717) is 13.0 Å². The van der Waals surface area contributed by atoms with Crippen molar-refractivity contribution in [1.82, 2.24) is 10.1 Å². The number of hydroxylamine groups is 4. The molecule has 2 saturated heterocycles. The highest BCUT2D eigenvalue weighted by molar-refractivity contribution is 5.06. The van der Waals surface area contributed by atoms with E-state index in [1.807, 2.05) is 32.8 Å². The molecule has 2 N–H and O–H groups in total. The third-order valence-corrected chi connectivity index (χ3v) is 6.73. The van der Waals surface area contributed by atoms with Crippen LogP contribution in [0.1, 0.15) is 81.1 Å². The van der Waals surface area contributed by atoms with Gasteiger partial charge in [0.25, 0.3) is 0 Å². The lowest BCUT2D eigenvalue weighted by atomic mass is 9.64. The van der Waals surface area contributed by atoms with E-state index in [1.165, 1.54) is 5.06 Å². The maximum absolute atomic E-state index is 11.5. The molecular formula is C18H36N2O3. The molecule has 0 spiro atoms. The second kappa shape index (κ2) is 5.40. The van der Waals surface area contributed by atoms with Crippen LogP contribution in [0.4, 0.5) is 0 Å². The SMILES string of the molecule is CC1(C)CCCC(C)(C)N1OC1(O)CCN(O)C(C)(C)C1(C)C. The molecule has 2 aliphatic rings. The molecule has 1 unspecified atom stereocenters. The molecule has 5 heteroatoms. The molecule has 23 heavy (non-hydrogen) atoms. The fourth-order valence-corrected chi connectivity index (χ4v) is 4.18. The minimum Gasteiger partial charge on any atom is -0.364 e. The van der Waals surface area contributed by atoms with Crippen molar-refractivity contribution < 1.29 is 15.2 Å². The first-order valence-corrected chi connectivity index (χ1v) is 8.86. The molecule has 0 aromatic rings. The van der Waals surface area contributed by atoms with E-state index < -0.39 is 16.7 Å². The minimum absolute atomic E-state index is 0.131. The molecule has 2 aliphatic heterocycles. The normalized spacial score (nSPS) is 36.8. The topological polar surface area (TPSA) is 56.2 Å². The van der Waals surface area contributed by atoms with Gasteiger partial charge in [0.1, 0.15) is 0 Å². The van der Waals surface area contributed by atoms with Gasteiger partial charge in [-0.15, -0.1) is 0 Å². The van der Waals surface area contributed by atoms with Crippen LogP contribution in [0.3, 0.4) is 0 Å². The highest BCUT2D eigenvalue weighted by Crippen LogP contribution is 2.52. The zero-order chi connectivity index (χ0) is 17.9. The van der Waals surface area contributed by atoms with Gasteiger partial charge in [-0.3, -0.25) is 4.84 Å². The van der Waals surface area contributed by atoms with Gasteiger partial charge >= 0.3 is 0 Å². The van der Waals surface area contributed by atoms with E-state index in [2.05, 4.69) is 27.7 Å². The van der Waals surface area contributed by atoms with Crippen LogP contribution < -0.4 is 0 Å². The first-order chi connectivity index (χ1) is 10.2. The Morgan fingerprint density at radius 3 is 1.78 bits per heavy atom. The van der Waals surface area contributed by atoms with Gasteiger partial charge in [0, 0.05) is 29.5 Å². The molecule has 0 aromatic carbocycles. The summed E-state index contributed by atoms with van der Waals surface area (Å²) in [7, 11) is 0. The van der Waals surface area contributed by atoms with Crippen LogP contribution in [0.25, 0.3) is 0 Å². The van der Waals surface area contributed by atoms with Gasteiger partial charge in [0.2, 0.25) is 0 Å². The van der Waals surface area contributed by atoms with Crippen LogP contribution in [0.5, 0.6) is 0 Å². The molecule has 2 fully saturated rings. The maximum Gasteiger partial charge on any atom is 0.193 e. The molecule has 136 valence electrons. The Morgan fingerprint density at radius 2 is 1.30 bits per heavy atom. The molecule has 0 aromatic heterocycles. The number of rotatable bonds is 2. The predicted molar refractivity (Wildman–Crippen MR) is 90.9 cm³/mol. The maximum atomic E-state index is 11.5. The predicted octanol–water partition coefficient (Wildman–Crippen LogP) is 3.55. The van der Waals surface area contributed by atoms with E-state index >= 15 is 0 Å².